The Labute approximate surface area is 195 Å². The summed E-state index contributed by atoms with van der Waals surface area (Å²) in [4.78, 5) is 25.3. The van der Waals surface area contributed by atoms with E-state index in [1.807, 2.05) is 6.92 Å². The molecule has 0 fully saturated rings. The fraction of sp³-hybridized carbons (Fsp3) is 0.0909. The second kappa shape index (κ2) is 9.70. The molecule has 0 spiro atoms. The van der Waals surface area contributed by atoms with Gasteiger partial charge in [0.2, 0.25) is 16.1 Å². The van der Waals surface area contributed by atoms with Crippen molar-refractivity contribution in [1.29, 1.82) is 0 Å². The lowest BCUT2D eigenvalue weighted by molar-refractivity contribution is -0.125. The van der Waals surface area contributed by atoms with Crippen LogP contribution in [-0.2, 0) is 19.6 Å². The number of hydrogen-bond donors (Lipinski definition) is 2. The minimum absolute atomic E-state index is 0.134. The smallest absolute Gasteiger partial charge is 0.339 e. The van der Waals surface area contributed by atoms with E-state index >= 15 is 0 Å². The molecular formula is C22H18Cl2N2O5S. The minimum Gasteiger partial charge on any atom is -0.444 e. The normalized spacial score (nSPS) is 12.1. The van der Waals surface area contributed by atoms with E-state index in [0.717, 1.165) is 11.6 Å². The number of carbonyl (C=O) groups is 2. The van der Waals surface area contributed by atoms with E-state index in [4.69, 9.17) is 33.1 Å². The van der Waals surface area contributed by atoms with Crippen molar-refractivity contribution in [2.45, 2.75) is 17.9 Å². The van der Waals surface area contributed by atoms with Gasteiger partial charge in [-0.05, 0) is 42.8 Å². The highest BCUT2D eigenvalue weighted by Crippen LogP contribution is 2.26. The van der Waals surface area contributed by atoms with Crippen LogP contribution in [0.25, 0.3) is 0 Å². The van der Waals surface area contributed by atoms with Gasteiger partial charge in [0.1, 0.15) is 4.90 Å². The number of halogens is 2. The van der Waals surface area contributed by atoms with E-state index in [2.05, 4.69) is 5.32 Å². The lowest BCUT2D eigenvalue weighted by Crippen LogP contribution is -2.26. The number of nitrogens with one attached hydrogen (secondary N) is 1. The van der Waals surface area contributed by atoms with Crippen LogP contribution in [0.4, 0.5) is 5.69 Å². The number of ether oxygens (including phenoxy) is 1. The van der Waals surface area contributed by atoms with E-state index in [0.29, 0.717) is 16.3 Å². The molecule has 0 unspecified atom stereocenters. The first kappa shape index (κ1) is 23.7. The molecule has 32 heavy (non-hydrogen) atoms. The van der Waals surface area contributed by atoms with Crippen molar-refractivity contribution in [2.75, 3.05) is 5.32 Å². The first-order valence-electron chi connectivity index (χ1n) is 9.21. The van der Waals surface area contributed by atoms with Crippen LogP contribution in [0.15, 0.2) is 71.6 Å². The molecule has 0 saturated heterocycles. The number of hydrogen-bond acceptors (Lipinski definition) is 5. The molecule has 0 saturated carbocycles. The van der Waals surface area contributed by atoms with E-state index in [-0.39, 0.29) is 10.6 Å². The second-order valence-corrected chi connectivity index (χ2v) is 9.18. The van der Waals surface area contributed by atoms with Crippen molar-refractivity contribution in [3.63, 3.8) is 0 Å². The SMILES string of the molecule is Cc1ccc(NC(=O)[C@H](OC(=O)c2ccc(Cl)c(S(N)(=O)=O)c2)c2ccccc2)cc1Cl. The third-order valence-electron chi connectivity index (χ3n) is 4.48. The van der Waals surface area contributed by atoms with Crippen LogP contribution >= 0.6 is 23.2 Å². The zero-order valence-corrected chi connectivity index (χ0v) is 19.0. The zero-order chi connectivity index (χ0) is 23.5. The number of nitrogens with two attached hydrogens (primary N) is 1. The first-order valence-corrected chi connectivity index (χ1v) is 11.5. The maximum absolute atomic E-state index is 13.0. The van der Waals surface area contributed by atoms with Crippen molar-refractivity contribution in [3.05, 3.63) is 93.5 Å². The lowest BCUT2D eigenvalue weighted by atomic mass is 10.1. The summed E-state index contributed by atoms with van der Waals surface area (Å²) in [5, 5.41) is 8.13. The van der Waals surface area contributed by atoms with Crippen LogP contribution in [0.5, 0.6) is 0 Å². The minimum atomic E-state index is -4.17. The Balaban J connectivity index is 1.91. The maximum atomic E-state index is 13.0. The van der Waals surface area contributed by atoms with E-state index in [1.54, 1.807) is 48.5 Å². The van der Waals surface area contributed by atoms with Crippen LogP contribution in [0, 0.1) is 6.92 Å². The number of benzene rings is 3. The molecule has 166 valence electrons. The Morgan fingerprint density at radius 3 is 2.28 bits per heavy atom. The standard InChI is InChI=1S/C22H18Cl2N2O5S/c1-13-7-9-16(12-18(13)24)26-21(27)20(14-5-3-2-4-6-14)31-22(28)15-8-10-17(23)19(11-15)32(25,29)30/h2-12,20H,1H3,(H,26,27)(H2,25,29,30)/t20-/m1/s1. The highest BCUT2D eigenvalue weighted by Gasteiger charge is 2.27. The number of anilines is 1. The van der Waals surface area contributed by atoms with Gasteiger partial charge in [-0.1, -0.05) is 59.6 Å². The molecule has 3 aromatic carbocycles. The predicted molar refractivity (Wildman–Crippen MR) is 122 cm³/mol. The molecule has 10 heteroatoms. The third kappa shape index (κ3) is 5.66. The number of carbonyl (C=O) groups excluding carboxylic acids is 2. The molecular weight excluding hydrogens is 475 g/mol. The molecule has 0 heterocycles. The van der Waals surface area contributed by atoms with E-state index in [9.17, 15) is 18.0 Å². The van der Waals surface area contributed by atoms with Gasteiger partial charge in [0.25, 0.3) is 5.91 Å². The Hall–Kier alpha value is -2.91. The lowest BCUT2D eigenvalue weighted by Gasteiger charge is -2.18. The van der Waals surface area contributed by atoms with Crippen molar-refractivity contribution in [1.82, 2.24) is 0 Å². The number of sulfonamides is 1. The zero-order valence-electron chi connectivity index (χ0n) is 16.7. The third-order valence-corrected chi connectivity index (χ3v) is 6.28. The van der Waals surface area contributed by atoms with Crippen molar-refractivity contribution in [3.8, 4) is 0 Å². The van der Waals surface area contributed by atoms with Crippen LogP contribution in [-0.4, -0.2) is 20.3 Å². The number of amides is 1. The number of aryl methyl sites for hydroxylation is 1. The molecule has 0 aliphatic heterocycles. The summed E-state index contributed by atoms with van der Waals surface area (Å²) >= 11 is 12.0. The average molecular weight is 493 g/mol. The van der Waals surface area contributed by atoms with Gasteiger partial charge in [0.15, 0.2) is 0 Å². The summed E-state index contributed by atoms with van der Waals surface area (Å²) in [7, 11) is -4.17. The molecule has 1 amide bonds. The van der Waals surface area contributed by atoms with Crippen molar-refractivity contribution < 1.29 is 22.7 Å². The van der Waals surface area contributed by atoms with E-state index < -0.39 is 32.9 Å². The summed E-state index contributed by atoms with van der Waals surface area (Å²) in [6.45, 7) is 1.82. The van der Waals surface area contributed by atoms with Gasteiger partial charge in [-0.3, -0.25) is 4.79 Å². The van der Waals surface area contributed by atoms with Gasteiger partial charge in [-0.2, -0.15) is 0 Å². The van der Waals surface area contributed by atoms with Gasteiger partial charge < -0.3 is 10.1 Å². The van der Waals surface area contributed by atoms with Crippen molar-refractivity contribution >= 4 is 50.8 Å². The van der Waals surface area contributed by atoms with Crippen molar-refractivity contribution in [2.24, 2.45) is 5.14 Å². The summed E-state index contributed by atoms with van der Waals surface area (Å²) in [5.74, 6) is -1.55. The molecule has 3 N–H and O–H groups in total. The molecule has 3 aromatic rings. The monoisotopic (exact) mass is 492 g/mol. The largest absolute Gasteiger partial charge is 0.444 e. The predicted octanol–water partition coefficient (Wildman–Crippen LogP) is 4.49. The average Bonchev–Trinajstić information content (AvgIpc) is 2.74. The highest BCUT2D eigenvalue weighted by atomic mass is 35.5. The fourth-order valence-electron chi connectivity index (χ4n) is 2.80. The molecule has 3 rings (SSSR count). The topological polar surface area (TPSA) is 116 Å². The van der Waals surface area contributed by atoms with Crippen LogP contribution in [0.2, 0.25) is 10.0 Å². The molecule has 0 aromatic heterocycles. The van der Waals surface area contributed by atoms with Gasteiger partial charge in [-0.15, -0.1) is 0 Å². The second-order valence-electron chi connectivity index (χ2n) is 6.84. The highest BCUT2D eigenvalue weighted by molar-refractivity contribution is 7.89. The molecule has 0 aliphatic rings. The molecule has 1 atom stereocenters. The van der Waals surface area contributed by atoms with Crippen LogP contribution in [0.3, 0.4) is 0 Å². The first-order chi connectivity index (χ1) is 15.1. The molecule has 0 aliphatic carbocycles. The Morgan fingerprint density at radius 2 is 1.66 bits per heavy atom. The number of esters is 1. The van der Waals surface area contributed by atoms with Gasteiger partial charge >= 0.3 is 5.97 Å². The molecule has 0 bridgehead atoms. The van der Waals surface area contributed by atoms with Gasteiger partial charge in [0, 0.05) is 16.3 Å². The molecule has 7 nitrogen and oxygen atoms in total. The Bertz CT molecular complexity index is 1280. The van der Waals surface area contributed by atoms with Crippen LogP contribution < -0.4 is 10.5 Å². The summed E-state index contributed by atoms with van der Waals surface area (Å²) in [5.41, 5.74) is 1.54. The fourth-order valence-corrected chi connectivity index (χ4v) is 4.05. The number of primary sulfonamides is 1. The Morgan fingerprint density at radius 1 is 0.969 bits per heavy atom. The maximum Gasteiger partial charge on any atom is 0.339 e. The molecule has 0 radical (unpaired) electrons. The summed E-state index contributed by atoms with van der Waals surface area (Å²) in [6.07, 6.45) is -1.32. The summed E-state index contributed by atoms with van der Waals surface area (Å²) < 4.78 is 28.9. The Kier molecular flexibility index (Phi) is 7.20. The number of rotatable bonds is 6. The summed E-state index contributed by atoms with van der Waals surface area (Å²) in [6, 6.07) is 16.8. The van der Waals surface area contributed by atoms with Gasteiger partial charge in [-0.25, -0.2) is 18.4 Å². The van der Waals surface area contributed by atoms with Crippen LogP contribution in [0.1, 0.15) is 27.6 Å². The van der Waals surface area contributed by atoms with Gasteiger partial charge in [0.05, 0.1) is 10.6 Å². The van der Waals surface area contributed by atoms with E-state index in [1.165, 1.54) is 12.1 Å². The quantitative estimate of drug-likeness (QED) is 0.491.